The van der Waals surface area contributed by atoms with Gasteiger partial charge >= 0.3 is 6.03 Å². The molecule has 5 nitrogen and oxygen atoms in total. The molecule has 4 rings (SSSR count). The number of carbonyl (C=O) groups excluding carboxylic acids is 1. The highest BCUT2D eigenvalue weighted by Gasteiger charge is 2.40. The summed E-state index contributed by atoms with van der Waals surface area (Å²) in [7, 11) is 0. The Hall–Kier alpha value is -1.62. The molecule has 2 aliphatic carbocycles. The number of ether oxygens (including phenoxy) is 1. The second-order valence-electron chi connectivity index (χ2n) is 7.40. The summed E-state index contributed by atoms with van der Waals surface area (Å²) in [6.07, 6.45) is 9.14. The first-order valence-corrected chi connectivity index (χ1v) is 9.39. The van der Waals surface area contributed by atoms with Crippen molar-refractivity contribution in [1.82, 2.24) is 15.2 Å². The van der Waals surface area contributed by atoms with Gasteiger partial charge in [0.1, 0.15) is 0 Å². The predicted molar refractivity (Wildman–Crippen MR) is 91.5 cm³/mol. The van der Waals surface area contributed by atoms with Crippen LogP contribution in [0.25, 0.3) is 0 Å². The van der Waals surface area contributed by atoms with E-state index in [0.717, 1.165) is 5.69 Å². The highest BCUT2D eigenvalue weighted by molar-refractivity contribution is 5.75. The molecule has 1 aliphatic heterocycles. The molecule has 0 radical (unpaired) electrons. The van der Waals surface area contributed by atoms with E-state index < -0.39 is 0 Å². The molecule has 2 amide bonds. The van der Waals surface area contributed by atoms with Crippen LogP contribution in [0, 0.1) is 11.8 Å². The number of urea groups is 1. The number of morpholine rings is 1. The van der Waals surface area contributed by atoms with Gasteiger partial charge in [0.2, 0.25) is 0 Å². The average Bonchev–Trinajstić information content (AvgIpc) is 3.35. The van der Waals surface area contributed by atoms with Crippen LogP contribution in [0.4, 0.5) is 4.79 Å². The first-order chi connectivity index (χ1) is 11.8. The molecule has 1 aromatic heterocycles. The van der Waals surface area contributed by atoms with E-state index >= 15 is 0 Å². The van der Waals surface area contributed by atoms with Gasteiger partial charge in [0.05, 0.1) is 31.0 Å². The number of pyridine rings is 1. The molecule has 24 heavy (non-hydrogen) atoms. The maximum Gasteiger partial charge on any atom is 0.318 e. The fourth-order valence-electron chi connectivity index (χ4n) is 4.25. The third-order valence-corrected chi connectivity index (χ3v) is 5.75. The average molecular weight is 329 g/mol. The van der Waals surface area contributed by atoms with Gasteiger partial charge in [0.15, 0.2) is 0 Å². The fraction of sp³-hybridized carbons (Fsp3) is 0.684. The van der Waals surface area contributed by atoms with E-state index in [0.29, 0.717) is 31.6 Å². The van der Waals surface area contributed by atoms with E-state index in [1.54, 1.807) is 0 Å². The van der Waals surface area contributed by atoms with Crippen molar-refractivity contribution < 1.29 is 9.53 Å². The van der Waals surface area contributed by atoms with Crippen molar-refractivity contribution in [2.75, 3.05) is 19.8 Å². The molecule has 1 saturated heterocycles. The summed E-state index contributed by atoms with van der Waals surface area (Å²) in [5.74, 6) is 1.14. The molecule has 1 aromatic rings. The molecule has 3 fully saturated rings. The summed E-state index contributed by atoms with van der Waals surface area (Å²) in [5.41, 5.74) is 0.994. The minimum Gasteiger partial charge on any atom is -0.377 e. The van der Waals surface area contributed by atoms with Crippen LogP contribution >= 0.6 is 0 Å². The Bertz CT molecular complexity index is 555. The Kier molecular flexibility index (Phi) is 4.69. The van der Waals surface area contributed by atoms with Gasteiger partial charge in [-0.3, -0.25) is 4.98 Å². The Labute approximate surface area is 143 Å². The lowest BCUT2D eigenvalue weighted by Gasteiger charge is -2.37. The summed E-state index contributed by atoms with van der Waals surface area (Å²) in [6, 6.07) is 6.34. The topological polar surface area (TPSA) is 54.5 Å². The van der Waals surface area contributed by atoms with E-state index in [9.17, 15) is 4.79 Å². The van der Waals surface area contributed by atoms with Crippen LogP contribution in [0.5, 0.6) is 0 Å². The number of rotatable bonds is 4. The van der Waals surface area contributed by atoms with Crippen LogP contribution < -0.4 is 5.32 Å². The summed E-state index contributed by atoms with van der Waals surface area (Å²) in [6.45, 7) is 2.04. The summed E-state index contributed by atoms with van der Waals surface area (Å²) in [5, 5.41) is 3.33. The van der Waals surface area contributed by atoms with Crippen molar-refractivity contribution >= 4 is 6.03 Å². The largest absolute Gasteiger partial charge is 0.377 e. The first kappa shape index (κ1) is 15.9. The highest BCUT2D eigenvalue weighted by Crippen LogP contribution is 2.38. The molecule has 2 saturated carbocycles. The van der Waals surface area contributed by atoms with Gasteiger partial charge in [-0.1, -0.05) is 18.9 Å². The van der Waals surface area contributed by atoms with Crippen molar-refractivity contribution in [3.05, 3.63) is 30.1 Å². The van der Waals surface area contributed by atoms with Gasteiger partial charge in [-0.2, -0.15) is 0 Å². The second kappa shape index (κ2) is 7.09. The van der Waals surface area contributed by atoms with Crippen molar-refractivity contribution in [3.8, 4) is 0 Å². The summed E-state index contributed by atoms with van der Waals surface area (Å²) < 4.78 is 5.62. The minimum absolute atomic E-state index is 0.0314. The molecule has 5 heteroatoms. The predicted octanol–water partition coefficient (Wildman–Crippen LogP) is 3.13. The lowest BCUT2D eigenvalue weighted by molar-refractivity contribution is 0.00365. The van der Waals surface area contributed by atoms with Gasteiger partial charge in [-0.15, -0.1) is 0 Å². The van der Waals surface area contributed by atoms with Crippen LogP contribution in [-0.4, -0.2) is 41.7 Å². The lowest BCUT2D eigenvalue weighted by atomic mass is 9.95. The van der Waals surface area contributed by atoms with Crippen LogP contribution in [-0.2, 0) is 4.74 Å². The number of carbonyl (C=O) groups is 1. The smallest absolute Gasteiger partial charge is 0.318 e. The molecule has 2 heterocycles. The van der Waals surface area contributed by atoms with Crippen molar-refractivity contribution in [2.45, 2.75) is 50.6 Å². The van der Waals surface area contributed by atoms with E-state index in [1.165, 1.54) is 38.5 Å². The number of amides is 2. The number of aromatic nitrogens is 1. The second-order valence-corrected chi connectivity index (χ2v) is 7.40. The minimum atomic E-state index is 0.0314. The Balaban J connectivity index is 1.49. The van der Waals surface area contributed by atoms with E-state index in [-0.39, 0.29) is 18.1 Å². The third-order valence-electron chi connectivity index (χ3n) is 5.75. The van der Waals surface area contributed by atoms with Gasteiger partial charge < -0.3 is 15.0 Å². The molecule has 130 valence electrons. The maximum absolute atomic E-state index is 13.0. The third kappa shape index (κ3) is 3.41. The molecule has 0 bridgehead atoms. The molecule has 2 atom stereocenters. The van der Waals surface area contributed by atoms with Crippen molar-refractivity contribution in [1.29, 1.82) is 0 Å². The van der Waals surface area contributed by atoms with Gasteiger partial charge in [0.25, 0.3) is 0 Å². The maximum atomic E-state index is 13.0. The molecule has 0 aromatic carbocycles. The summed E-state index contributed by atoms with van der Waals surface area (Å²) >= 11 is 0. The SMILES string of the molecule is O=C(N[C@H](c1ccccn1)C1CCCC1)N1CCOC[C@H]1C1CC1. The first-order valence-electron chi connectivity index (χ1n) is 9.39. The molecular formula is C19H27N3O2. The molecule has 3 aliphatic rings. The molecule has 0 spiro atoms. The van der Waals surface area contributed by atoms with Gasteiger partial charge in [-0.25, -0.2) is 4.79 Å². The van der Waals surface area contributed by atoms with Crippen LogP contribution in [0.2, 0.25) is 0 Å². The Morgan fingerprint density at radius 3 is 2.79 bits per heavy atom. The quantitative estimate of drug-likeness (QED) is 0.923. The fourth-order valence-corrected chi connectivity index (χ4v) is 4.25. The summed E-state index contributed by atoms with van der Waals surface area (Å²) in [4.78, 5) is 19.6. The zero-order chi connectivity index (χ0) is 16.4. The number of nitrogens with one attached hydrogen (secondary N) is 1. The highest BCUT2D eigenvalue weighted by atomic mass is 16.5. The zero-order valence-corrected chi connectivity index (χ0v) is 14.2. The van der Waals surface area contributed by atoms with Crippen LogP contribution in [0.3, 0.4) is 0 Å². The van der Waals surface area contributed by atoms with Gasteiger partial charge in [-0.05, 0) is 49.7 Å². The molecule has 0 unspecified atom stereocenters. The van der Waals surface area contributed by atoms with Crippen molar-refractivity contribution in [3.63, 3.8) is 0 Å². The molecule has 1 N–H and O–H groups in total. The van der Waals surface area contributed by atoms with E-state index in [4.69, 9.17) is 4.74 Å². The van der Waals surface area contributed by atoms with E-state index in [2.05, 4.69) is 10.3 Å². The normalized spacial score (nSPS) is 26.3. The number of hydrogen-bond acceptors (Lipinski definition) is 3. The zero-order valence-electron chi connectivity index (χ0n) is 14.2. The Morgan fingerprint density at radius 1 is 1.25 bits per heavy atom. The number of hydrogen-bond donors (Lipinski definition) is 1. The van der Waals surface area contributed by atoms with Crippen LogP contribution in [0.1, 0.15) is 50.3 Å². The number of nitrogens with zero attached hydrogens (tertiary/aromatic N) is 2. The Morgan fingerprint density at radius 2 is 2.08 bits per heavy atom. The molecular weight excluding hydrogens is 302 g/mol. The standard InChI is InChI=1S/C19H27N3O2/c23-19(22-11-12-24-13-17(22)14-8-9-14)21-18(15-5-1-2-6-15)16-7-3-4-10-20-16/h3-4,7,10,14-15,17-18H,1-2,5-6,8-9,11-13H2,(H,21,23)/t17-,18-/m0/s1. The monoisotopic (exact) mass is 329 g/mol. The van der Waals surface area contributed by atoms with Crippen LogP contribution in [0.15, 0.2) is 24.4 Å². The van der Waals surface area contributed by atoms with Crippen molar-refractivity contribution in [2.24, 2.45) is 11.8 Å². The van der Waals surface area contributed by atoms with Gasteiger partial charge in [0, 0.05) is 12.7 Å². The van der Waals surface area contributed by atoms with E-state index in [1.807, 2.05) is 29.3 Å². The lowest BCUT2D eigenvalue weighted by Crippen LogP contribution is -2.54.